The number of hydrogen-bond donors (Lipinski definition) is 4. The number of amidine groups is 1. The molecule has 0 unspecified atom stereocenters. The van der Waals surface area contributed by atoms with Gasteiger partial charge in [0.2, 0.25) is 5.91 Å². The fourth-order valence-electron chi connectivity index (χ4n) is 1.99. The molecule has 2 rings (SSSR count). The van der Waals surface area contributed by atoms with Crippen molar-refractivity contribution in [3.05, 3.63) is 64.7 Å². The monoisotopic (exact) mass is 317 g/mol. The van der Waals surface area contributed by atoms with E-state index in [4.69, 9.17) is 23.3 Å². The number of hydrazine groups is 1. The highest BCUT2D eigenvalue weighted by atomic mass is 35.5. The summed E-state index contributed by atoms with van der Waals surface area (Å²) in [7, 11) is 0. The lowest BCUT2D eigenvalue weighted by atomic mass is 10.1. The first-order valence-electron chi connectivity index (χ1n) is 6.52. The second kappa shape index (κ2) is 7.44. The van der Waals surface area contributed by atoms with Crippen LogP contribution in [0.1, 0.15) is 11.1 Å². The van der Waals surface area contributed by atoms with Crippen molar-refractivity contribution < 1.29 is 4.79 Å². The topological polar surface area (TPSA) is 106 Å². The van der Waals surface area contributed by atoms with E-state index in [0.717, 1.165) is 5.56 Å². The average molecular weight is 318 g/mol. The van der Waals surface area contributed by atoms with E-state index in [-0.39, 0.29) is 18.2 Å². The molecule has 0 spiro atoms. The van der Waals surface area contributed by atoms with Crippen LogP contribution in [0.5, 0.6) is 0 Å². The Morgan fingerprint density at radius 2 is 1.91 bits per heavy atom. The van der Waals surface area contributed by atoms with Crippen LogP contribution >= 0.6 is 11.6 Å². The Morgan fingerprint density at radius 3 is 2.55 bits per heavy atom. The quantitative estimate of drug-likeness (QED) is 0.297. The van der Waals surface area contributed by atoms with Gasteiger partial charge in [0.25, 0.3) is 0 Å². The minimum absolute atomic E-state index is 0.178. The molecule has 22 heavy (non-hydrogen) atoms. The normalized spacial score (nSPS) is 11.1. The van der Waals surface area contributed by atoms with Crippen LogP contribution in [0, 0.1) is 0 Å². The number of rotatable bonds is 4. The van der Waals surface area contributed by atoms with Gasteiger partial charge in [0.15, 0.2) is 5.84 Å². The van der Waals surface area contributed by atoms with Crippen LogP contribution in [0.4, 0.5) is 5.69 Å². The molecule has 0 saturated heterocycles. The molecule has 1 amide bonds. The number of anilines is 1. The Balaban J connectivity index is 2.21. The molecule has 2 aromatic rings. The van der Waals surface area contributed by atoms with Gasteiger partial charge in [-0.3, -0.25) is 4.79 Å². The van der Waals surface area contributed by atoms with Gasteiger partial charge in [-0.15, -0.1) is 0 Å². The Bertz CT molecular complexity index is 688. The van der Waals surface area contributed by atoms with Crippen molar-refractivity contribution in [2.24, 2.45) is 16.8 Å². The van der Waals surface area contributed by atoms with Gasteiger partial charge in [0.05, 0.1) is 12.1 Å². The highest BCUT2D eigenvalue weighted by Gasteiger charge is 2.12. The number of nitrogens with two attached hydrogens (primary N) is 2. The van der Waals surface area contributed by atoms with E-state index in [9.17, 15) is 4.79 Å². The van der Waals surface area contributed by atoms with Gasteiger partial charge in [-0.1, -0.05) is 41.9 Å². The number of carbonyl (C=O) groups is 1. The van der Waals surface area contributed by atoms with Crippen molar-refractivity contribution in [2.45, 2.75) is 6.42 Å². The predicted octanol–water partition coefficient (Wildman–Crippen LogP) is 1.60. The molecule has 6 nitrogen and oxygen atoms in total. The molecule has 0 bridgehead atoms. The standard InChI is InChI=1S/C15H16ClN5O/c16-11-6-7-12(15(20-17)21-18)13(9-11)19-14(22)8-10-4-2-1-3-5-10/h1-7,9H,8,17-18H2,(H,19,22)(H,20,21). The SMILES string of the molecule is N/N=C(\NN)c1ccc(Cl)cc1NC(=O)Cc1ccccc1. The molecule has 6 N–H and O–H groups in total. The lowest BCUT2D eigenvalue weighted by molar-refractivity contribution is -0.115. The zero-order valence-electron chi connectivity index (χ0n) is 11.7. The largest absolute Gasteiger partial charge is 0.325 e. The van der Waals surface area contributed by atoms with Gasteiger partial charge < -0.3 is 16.6 Å². The van der Waals surface area contributed by atoms with Gasteiger partial charge in [0.1, 0.15) is 0 Å². The number of nitrogens with one attached hydrogen (secondary N) is 2. The summed E-state index contributed by atoms with van der Waals surface area (Å²) in [5, 5.41) is 6.82. The van der Waals surface area contributed by atoms with Crippen molar-refractivity contribution in [1.82, 2.24) is 5.43 Å². The molecule has 0 aliphatic rings. The fourth-order valence-corrected chi connectivity index (χ4v) is 2.16. The van der Waals surface area contributed by atoms with Crippen LogP contribution in [0.3, 0.4) is 0 Å². The molecule has 0 fully saturated rings. The molecule has 0 heterocycles. The van der Waals surface area contributed by atoms with E-state index >= 15 is 0 Å². The maximum absolute atomic E-state index is 12.2. The van der Waals surface area contributed by atoms with Crippen molar-refractivity contribution in [2.75, 3.05) is 5.32 Å². The highest BCUT2D eigenvalue weighted by molar-refractivity contribution is 6.31. The molecular weight excluding hydrogens is 302 g/mol. The molecule has 0 aliphatic heterocycles. The van der Waals surface area contributed by atoms with Crippen molar-refractivity contribution in [3.63, 3.8) is 0 Å². The minimum Gasteiger partial charge on any atom is -0.325 e. The maximum Gasteiger partial charge on any atom is 0.228 e. The van der Waals surface area contributed by atoms with E-state index < -0.39 is 0 Å². The fraction of sp³-hybridized carbons (Fsp3) is 0.0667. The molecule has 114 valence electrons. The Morgan fingerprint density at radius 1 is 1.18 bits per heavy atom. The molecule has 0 atom stereocenters. The van der Waals surface area contributed by atoms with E-state index in [2.05, 4.69) is 15.8 Å². The summed E-state index contributed by atoms with van der Waals surface area (Å²) in [4.78, 5) is 12.2. The second-order valence-corrected chi connectivity index (χ2v) is 4.96. The smallest absolute Gasteiger partial charge is 0.228 e. The summed E-state index contributed by atoms with van der Waals surface area (Å²) in [6.07, 6.45) is 0.248. The first-order chi connectivity index (χ1) is 10.6. The van der Waals surface area contributed by atoms with E-state index in [1.54, 1.807) is 18.2 Å². The summed E-state index contributed by atoms with van der Waals surface area (Å²) in [5.74, 6) is 10.7. The van der Waals surface area contributed by atoms with Crippen LogP contribution < -0.4 is 22.4 Å². The van der Waals surface area contributed by atoms with E-state index in [0.29, 0.717) is 16.3 Å². The van der Waals surface area contributed by atoms with Gasteiger partial charge in [-0.2, -0.15) is 5.10 Å². The maximum atomic E-state index is 12.2. The molecule has 0 radical (unpaired) electrons. The summed E-state index contributed by atoms with van der Waals surface area (Å²) in [5.41, 5.74) is 4.33. The summed E-state index contributed by atoms with van der Waals surface area (Å²) >= 11 is 5.98. The van der Waals surface area contributed by atoms with Crippen molar-refractivity contribution in [3.8, 4) is 0 Å². The highest BCUT2D eigenvalue weighted by Crippen LogP contribution is 2.21. The predicted molar refractivity (Wildman–Crippen MR) is 88.3 cm³/mol. The first-order valence-corrected chi connectivity index (χ1v) is 6.90. The van der Waals surface area contributed by atoms with E-state index in [1.165, 1.54) is 0 Å². The first kappa shape index (κ1) is 15.8. The lowest BCUT2D eigenvalue weighted by Crippen LogP contribution is -2.33. The molecule has 0 aromatic heterocycles. The number of hydrazone groups is 1. The minimum atomic E-state index is -0.178. The summed E-state index contributed by atoms with van der Waals surface area (Å²) in [6.45, 7) is 0. The Hall–Kier alpha value is -2.57. The number of benzene rings is 2. The van der Waals surface area contributed by atoms with Crippen molar-refractivity contribution >= 4 is 29.0 Å². The number of nitrogens with zero attached hydrogens (tertiary/aromatic N) is 1. The molecule has 0 saturated carbocycles. The number of halogens is 1. The number of amides is 1. The zero-order valence-corrected chi connectivity index (χ0v) is 12.5. The van der Waals surface area contributed by atoms with Gasteiger partial charge in [-0.05, 0) is 23.8 Å². The Kier molecular flexibility index (Phi) is 5.35. The summed E-state index contributed by atoms with van der Waals surface area (Å²) in [6, 6.07) is 14.4. The molecule has 2 aromatic carbocycles. The second-order valence-electron chi connectivity index (χ2n) is 4.52. The van der Waals surface area contributed by atoms with Crippen LogP contribution in [0.2, 0.25) is 5.02 Å². The third kappa shape index (κ3) is 3.97. The van der Waals surface area contributed by atoms with Gasteiger partial charge >= 0.3 is 0 Å². The summed E-state index contributed by atoms with van der Waals surface area (Å²) < 4.78 is 0. The van der Waals surface area contributed by atoms with Crippen LogP contribution in [0.25, 0.3) is 0 Å². The van der Waals surface area contributed by atoms with Gasteiger partial charge in [-0.25, -0.2) is 5.84 Å². The van der Waals surface area contributed by atoms with Crippen LogP contribution in [-0.2, 0) is 11.2 Å². The van der Waals surface area contributed by atoms with Crippen LogP contribution in [0.15, 0.2) is 53.6 Å². The Labute approximate surface area is 133 Å². The third-order valence-electron chi connectivity index (χ3n) is 2.98. The van der Waals surface area contributed by atoms with E-state index in [1.807, 2.05) is 30.3 Å². The number of hydrogen-bond acceptors (Lipinski definition) is 4. The number of carbonyl (C=O) groups excluding carboxylic acids is 1. The zero-order chi connectivity index (χ0) is 15.9. The van der Waals surface area contributed by atoms with Gasteiger partial charge in [0, 0.05) is 10.6 Å². The van der Waals surface area contributed by atoms with Crippen molar-refractivity contribution in [1.29, 1.82) is 0 Å². The lowest BCUT2D eigenvalue weighted by Gasteiger charge is -2.12. The molecular formula is C15H16ClN5O. The third-order valence-corrected chi connectivity index (χ3v) is 3.22. The molecule has 0 aliphatic carbocycles. The average Bonchev–Trinajstić information content (AvgIpc) is 2.51. The molecule has 7 heteroatoms. The van der Waals surface area contributed by atoms with Crippen LogP contribution in [-0.4, -0.2) is 11.7 Å².